The van der Waals surface area contributed by atoms with Crippen molar-refractivity contribution in [3.63, 3.8) is 0 Å². The second-order valence-electron chi connectivity index (χ2n) is 4.99. The van der Waals surface area contributed by atoms with E-state index in [1.807, 2.05) is 0 Å². The van der Waals surface area contributed by atoms with Crippen molar-refractivity contribution < 1.29 is 19.6 Å². The zero-order chi connectivity index (χ0) is 15.5. The third-order valence-electron chi connectivity index (χ3n) is 3.70. The first-order chi connectivity index (χ1) is 10.5. The van der Waals surface area contributed by atoms with Gasteiger partial charge in [0, 0.05) is 17.2 Å². The Labute approximate surface area is 123 Å². The van der Waals surface area contributed by atoms with Crippen molar-refractivity contribution in [2.24, 2.45) is 4.99 Å². The number of non-ortho nitro benzene ring substituents is 1. The number of ketones is 1. The number of carbonyl (C=O) groups excluding carboxylic acids is 1. The molecule has 0 radical (unpaired) electrons. The predicted molar refractivity (Wildman–Crippen MR) is 75.6 cm³/mol. The Morgan fingerprint density at radius 1 is 1.18 bits per heavy atom. The van der Waals surface area contributed by atoms with Crippen molar-refractivity contribution in [2.45, 2.75) is 5.79 Å². The number of ether oxygens (including phenoxy) is 1. The molecule has 22 heavy (non-hydrogen) atoms. The summed E-state index contributed by atoms with van der Waals surface area (Å²) in [4.78, 5) is 26.9. The Kier molecular flexibility index (Phi) is 2.29. The minimum Gasteiger partial charge on any atom is -0.447 e. The molecule has 1 N–H and O–H groups in total. The minimum atomic E-state index is -2.23. The summed E-state index contributed by atoms with van der Waals surface area (Å²) in [5.74, 6) is -2.85. The smallest absolute Gasteiger partial charge is 0.318 e. The van der Waals surface area contributed by atoms with Crippen LogP contribution >= 0.6 is 0 Å². The fourth-order valence-electron chi connectivity index (χ4n) is 2.66. The number of benzene rings is 2. The van der Waals surface area contributed by atoms with Crippen LogP contribution in [0.3, 0.4) is 0 Å². The molecule has 7 heteroatoms. The lowest BCUT2D eigenvalue weighted by Gasteiger charge is -2.27. The van der Waals surface area contributed by atoms with Gasteiger partial charge in [0.2, 0.25) is 5.78 Å². The highest BCUT2D eigenvalue weighted by Gasteiger charge is 2.54. The standard InChI is InChI=1S/C15H8N2O5/c18-14-10-4-2-1-3-9(10)13-15(14,19)22-12-7-8(17(20)21)5-6-11(12)16-13/h1-7,19H. The molecule has 0 aromatic heterocycles. The lowest BCUT2D eigenvalue weighted by atomic mass is 10.1. The molecule has 108 valence electrons. The molecule has 1 aliphatic carbocycles. The molecule has 2 aliphatic rings. The Morgan fingerprint density at radius 2 is 1.91 bits per heavy atom. The van der Waals surface area contributed by atoms with Crippen molar-refractivity contribution in [1.29, 1.82) is 0 Å². The van der Waals surface area contributed by atoms with Crippen LogP contribution in [0.2, 0.25) is 0 Å². The normalized spacial score (nSPS) is 21.3. The van der Waals surface area contributed by atoms with Crippen LogP contribution in [-0.2, 0) is 0 Å². The number of nitro benzene ring substituents is 1. The first-order valence-electron chi connectivity index (χ1n) is 6.44. The SMILES string of the molecule is O=C1c2ccccc2C2=Nc3ccc([N+](=O)[O-])cc3OC12O. The Balaban J connectivity index is 1.94. The molecule has 1 unspecified atom stereocenters. The van der Waals surface area contributed by atoms with Gasteiger partial charge in [-0.05, 0) is 6.07 Å². The van der Waals surface area contributed by atoms with E-state index < -0.39 is 16.5 Å². The van der Waals surface area contributed by atoms with Gasteiger partial charge in [-0.15, -0.1) is 0 Å². The van der Waals surface area contributed by atoms with Crippen LogP contribution in [0, 0.1) is 10.1 Å². The molecule has 1 atom stereocenters. The number of aliphatic hydroxyl groups is 1. The number of nitro groups is 1. The molecule has 2 aromatic carbocycles. The van der Waals surface area contributed by atoms with E-state index in [1.54, 1.807) is 24.3 Å². The molecule has 2 aromatic rings. The van der Waals surface area contributed by atoms with Gasteiger partial charge in [-0.3, -0.25) is 14.9 Å². The fraction of sp³-hybridized carbons (Fsp3) is 0.0667. The number of carbonyl (C=O) groups is 1. The number of Topliss-reactive ketones (excluding diaryl/α,β-unsaturated/α-hetero) is 1. The van der Waals surface area contributed by atoms with Gasteiger partial charge in [0.15, 0.2) is 5.75 Å². The summed E-state index contributed by atoms with van der Waals surface area (Å²) in [6, 6.07) is 10.5. The summed E-state index contributed by atoms with van der Waals surface area (Å²) in [6.07, 6.45) is 0. The average molecular weight is 296 g/mol. The summed E-state index contributed by atoms with van der Waals surface area (Å²) in [6.45, 7) is 0. The van der Waals surface area contributed by atoms with Crippen LogP contribution in [-0.4, -0.2) is 27.3 Å². The average Bonchev–Trinajstić information content (AvgIpc) is 2.73. The van der Waals surface area contributed by atoms with Gasteiger partial charge in [-0.2, -0.15) is 0 Å². The summed E-state index contributed by atoms with van der Waals surface area (Å²) in [5, 5.41) is 21.4. The summed E-state index contributed by atoms with van der Waals surface area (Å²) in [5.41, 5.74) is 1.04. The summed E-state index contributed by atoms with van der Waals surface area (Å²) in [7, 11) is 0. The third-order valence-corrected chi connectivity index (χ3v) is 3.70. The fourth-order valence-corrected chi connectivity index (χ4v) is 2.66. The molecule has 7 nitrogen and oxygen atoms in total. The zero-order valence-electron chi connectivity index (χ0n) is 11.0. The number of hydrogen-bond donors (Lipinski definition) is 1. The topological polar surface area (TPSA) is 102 Å². The van der Waals surface area contributed by atoms with Crippen LogP contribution in [0.15, 0.2) is 47.5 Å². The molecule has 0 spiro atoms. The summed E-state index contributed by atoms with van der Waals surface area (Å²) < 4.78 is 5.40. The van der Waals surface area contributed by atoms with Crippen LogP contribution in [0.5, 0.6) is 5.75 Å². The molecule has 4 rings (SSSR count). The van der Waals surface area contributed by atoms with E-state index >= 15 is 0 Å². The number of nitrogens with zero attached hydrogens (tertiary/aromatic N) is 2. The number of aliphatic imine (C=N–C) groups is 1. The third kappa shape index (κ3) is 1.48. The van der Waals surface area contributed by atoms with Gasteiger partial charge in [0.25, 0.3) is 5.69 Å². The first-order valence-corrected chi connectivity index (χ1v) is 6.44. The molecule has 0 saturated heterocycles. The van der Waals surface area contributed by atoms with Gasteiger partial charge in [0.05, 0.1) is 11.0 Å². The second kappa shape index (κ2) is 3.99. The van der Waals surface area contributed by atoms with Crippen molar-refractivity contribution in [1.82, 2.24) is 0 Å². The Hall–Kier alpha value is -3.06. The van der Waals surface area contributed by atoms with Crippen molar-refractivity contribution in [3.05, 3.63) is 63.7 Å². The first kappa shape index (κ1) is 12.7. The number of fused-ring (bicyclic) bond motifs is 4. The monoisotopic (exact) mass is 296 g/mol. The quantitative estimate of drug-likeness (QED) is 0.640. The molecule has 0 saturated carbocycles. The second-order valence-corrected chi connectivity index (χ2v) is 4.99. The number of rotatable bonds is 1. The maximum absolute atomic E-state index is 12.4. The summed E-state index contributed by atoms with van der Waals surface area (Å²) >= 11 is 0. The minimum absolute atomic E-state index is 0.00149. The van der Waals surface area contributed by atoms with Gasteiger partial charge in [0.1, 0.15) is 11.4 Å². The van der Waals surface area contributed by atoms with Crippen LogP contribution in [0.4, 0.5) is 11.4 Å². The maximum Gasteiger partial charge on any atom is 0.318 e. The predicted octanol–water partition coefficient (Wildman–Crippen LogP) is 1.99. The van der Waals surface area contributed by atoms with Gasteiger partial charge < -0.3 is 9.84 Å². The van der Waals surface area contributed by atoms with Gasteiger partial charge in [-0.25, -0.2) is 4.99 Å². The molecule has 1 heterocycles. The highest BCUT2D eigenvalue weighted by Crippen LogP contribution is 2.43. The van der Waals surface area contributed by atoms with E-state index in [-0.39, 0.29) is 17.1 Å². The lowest BCUT2D eigenvalue weighted by Crippen LogP contribution is -2.48. The van der Waals surface area contributed by atoms with E-state index in [0.717, 1.165) is 6.07 Å². The molecule has 0 fully saturated rings. The largest absolute Gasteiger partial charge is 0.447 e. The zero-order valence-corrected chi connectivity index (χ0v) is 11.0. The molecule has 0 amide bonds. The lowest BCUT2D eigenvalue weighted by molar-refractivity contribution is -0.385. The van der Waals surface area contributed by atoms with Crippen molar-refractivity contribution in [2.75, 3.05) is 0 Å². The van der Waals surface area contributed by atoms with E-state index in [1.165, 1.54) is 12.1 Å². The Morgan fingerprint density at radius 3 is 2.64 bits per heavy atom. The van der Waals surface area contributed by atoms with Crippen molar-refractivity contribution >= 4 is 22.9 Å². The van der Waals surface area contributed by atoms with Crippen LogP contribution in [0.1, 0.15) is 15.9 Å². The van der Waals surface area contributed by atoms with E-state index in [0.29, 0.717) is 16.8 Å². The highest BCUT2D eigenvalue weighted by atomic mass is 16.6. The van der Waals surface area contributed by atoms with Gasteiger partial charge >= 0.3 is 5.79 Å². The Bertz CT molecular complexity index is 889. The molecule has 0 bridgehead atoms. The molecular weight excluding hydrogens is 288 g/mol. The van der Waals surface area contributed by atoms with Crippen LogP contribution in [0.25, 0.3) is 0 Å². The van der Waals surface area contributed by atoms with E-state index in [9.17, 15) is 20.0 Å². The van der Waals surface area contributed by atoms with Gasteiger partial charge in [-0.1, -0.05) is 24.3 Å². The van der Waals surface area contributed by atoms with Crippen LogP contribution < -0.4 is 4.74 Å². The number of hydrogen-bond acceptors (Lipinski definition) is 6. The highest BCUT2D eigenvalue weighted by molar-refractivity contribution is 6.33. The van der Waals surface area contributed by atoms with E-state index in [4.69, 9.17) is 4.74 Å². The van der Waals surface area contributed by atoms with Crippen molar-refractivity contribution in [3.8, 4) is 5.75 Å². The molecular formula is C15H8N2O5. The maximum atomic E-state index is 12.4. The van der Waals surface area contributed by atoms with E-state index in [2.05, 4.69) is 4.99 Å². The molecule has 1 aliphatic heterocycles.